The van der Waals surface area contributed by atoms with Crippen LogP contribution in [0.15, 0.2) is 54.8 Å². The number of oxime groups is 1. The van der Waals surface area contributed by atoms with E-state index in [2.05, 4.69) is 40.7 Å². The average Bonchev–Trinajstić information content (AvgIpc) is 3.13. The molecule has 0 aliphatic rings. The number of nitrogens with one attached hydrogen (secondary N) is 1. The van der Waals surface area contributed by atoms with Gasteiger partial charge in [0, 0.05) is 10.9 Å². The Labute approximate surface area is 136 Å². The number of thiazole rings is 1. The molecule has 0 unspecified atom stereocenters. The Bertz CT molecular complexity index is 840. The minimum atomic E-state index is -0.650. The van der Waals surface area contributed by atoms with Crippen LogP contribution < -0.4 is 5.76 Å². The van der Waals surface area contributed by atoms with Crippen molar-refractivity contribution < 1.29 is 9.36 Å². The van der Waals surface area contributed by atoms with Gasteiger partial charge in [-0.3, -0.25) is 9.51 Å². The van der Waals surface area contributed by atoms with Gasteiger partial charge in [0.15, 0.2) is 12.3 Å². The van der Waals surface area contributed by atoms with E-state index in [1.165, 1.54) is 11.3 Å². The Morgan fingerprint density at radius 2 is 2.23 bits per heavy atom. The Balaban J connectivity index is 1.85. The van der Waals surface area contributed by atoms with Gasteiger partial charge in [-0.25, -0.2) is 9.78 Å². The van der Waals surface area contributed by atoms with Crippen LogP contribution in [-0.4, -0.2) is 20.8 Å². The highest BCUT2D eigenvalue weighted by Crippen LogP contribution is 2.16. The molecule has 0 spiro atoms. The molecule has 3 aromatic rings. The number of rotatable bonds is 5. The van der Waals surface area contributed by atoms with Crippen molar-refractivity contribution in [3.05, 3.63) is 67.3 Å². The molecule has 2 aromatic heterocycles. The lowest BCUT2D eigenvalue weighted by Crippen LogP contribution is -2.08. The minimum absolute atomic E-state index is 0.205. The Morgan fingerprint density at radius 1 is 1.41 bits per heavy atom. The molecule has 0 saturated carbocycles. The molecule has 22 heavy (non-hydrogen) atoms. The summed E-state index contributed by atoms with van der Waals surface area (Å²) in [5.74, 6) is -0.445. The van der Waals surface area contributed by atoms with Gasteiger partial charge >= 0.3 is 5.76 Å². The highest BCUT2D eigenvalue weighted by Gasteiger charge is 2.13. The number of halogens is 1. The maximum absolute atomic E-state index is 11.1. The maximum Gasteiger partial charge on any atom is 0.439 e. The molecule has 3 rings (SSSR count). The fraction of sp³-hybridized carbons (Fsp3) is 0.0769. The summed E-state index contributed by atoms with van der Waals surface area (Å²) in [5, 5.41) is 10.3. The van der Waals surface area contributed by atoms with E-state index in [9.17, 15) is 4.79 Å². The van der Waals surface area contributed by atoms with E-state index in [0.717, 1.165) is 15.2 Å². The third-order valence-electron chi connectivity index (χ3n) is 2.58. The van der Waals surface area contributed by atoms with E-state index in [1.807, 2.05) is 35.7 Å². The fourth-order valence-corrected chi connectivity index (χ4v) is 2.84. The van der Waals surface area contributed by atoms with E-state index in [1.54, 1.807) is 0 Å². The molecule has 112 valence electrons. The summed E-state index contributed by atoms with van der Waals surface area (Å²) in [5.41, 5.74) is 1.12. The van der Waals surface area contributed by atoms with Crippen LogP contribution >= 0.6 is 27.3 Å². The molecule has 1 N–H and O–H groups in total. The van der Waals surface area contributed by atoms with Gasteiger partial charge in [-0.2, -0.15) is 0 Å². The molecule has 9 heteroatoms. The summed E-state index contributed by atoms with van der Waals surface area (Å²) in [6, 6.07) is 9.23. The number of H-pyrrole nitrogens is 1. The Morgan fingerprint density at radius 3 is 2.86 bits per heavy atom. The van der Waals surface area contributed by atoms with Crippen LogP contribution in [0.1, 0.15) is 16.4 Å². The van der Waals surface area contributed by atoms with Crippen molar-refractivity contribution in [3.63, 3.8) is 0 Å². The van der Waals surface area contributed by atoms with E-state index in [0.29, 0.717) is 5.71 Å². The average molecular weight is 381 g/mol. The van der Waals surface area contributed by atoms with Crippen molar-refractivity contribution in [2.24, 2.45) is 5.16 Å². The second-order valence-corrected chi connectivity index (χ2v) is 5.84. The summed E-state index contributed by atoms with van der Waals surface area (Å²) in [6.07, 6.45) is 0. The number of benzene rings is 1. The second-order valence-electron chi connectivity index (χ2n) is 4.09. The van der Waals surface area contributed by atoms with Crippen molar-refractivity contribution in [1.82, 2.24) is 15.1 Å². The van der Waals surface area contributed by atoms with E-state index < -0.39 is 5.76 Å². The highest BCUT2D eigenvalue weighted by atomic mass is 79.9. The standard InChI is InChI=1S/C13H9BrN4O3S/c14-9-7-22-10(15-9)6-20-17-11(8-4-2-1-3-5-8)12-16-13(19)21-18-12/h1-5,7H,6H2,(H,16,18,19). The maximum atomic E-state index is 11.1. The molecule has 0 atom stereocenters. The molecule has 7 nitrogen and oxygen atoms in total. The molecule has 0 amide bonds. The largest absolute Gasteiger partial charge is 0.439 e. The molecular formula is C13H9BrN4O3S. The van der Waals surface area contributed by atoms with Gasteiger partial charge in [-0.1, -0.05) is 40.6 Å². The monoisotopic (exact) mass is 380 g/mol. The van der Waals surface area contributed by atoms with E-state index in [4.69, 9.17) is 4.84 Å². The first-order chi connectivity index (χ1) is 10.7. The van der Waals surface area contributed by atoms with Crippen LogP contribution in [0.3, 0.4) is 0 Å². The lowest BCUT2D eigenvalue weighted by molar-refractivity contribution is 0.130. The van der Waals surface area contributed by atoms with E-state index >= 15 is 0 Å². The normalized spacial score (nSPS) is 11.6. The van der Waals surface area contributed by atoms with Crippen LogP contribution in [0, 0.1) is 0 Å². The lowest BCUT2D eigenvalue weighted by Gasteiger charge is -2.02. The third-order valence-corrected chi connectivity index (χ3v) is 4.11. The van der Waals surface area contributed by atoms with Crippen molar-refractivity contribution in [3.8, 4) is 0 Å². The summed E-state index contributed by atoms with van der Waals surface area (Å²) >= 11 is 4.73. The molecule has 0 radical (unpaired) electrons. The SMILES string of the molecule is O=c1[nH]c(C(=NOCc2nc(Br)cs2)c2ccccc2)no1. The van der Waals surface area contributed by atoms with Crippen LogP contribution in [0.5, 0.6) is 0 Å². The summed E-state index contributed by atoms with van der Waals surface area (Å²) in [4.78, 5) is 23.1. The molecule has 1 aromatic carbocycles. The van der Waals surface area contributed by atoms with Crippen molar-refractivity contribution in [1.29, 1.82) is 0 Å². The van der Waals surface area contributed by atoms with Gasteiger partial charge in [0.2, 0.25) is 5.82 Å². The molecule has 0 fully saturated rings. The highest BCUT2D eigenvalue weighted by molar-refractivity contribution is 9.10. The molecule has 2 heterocycles. The molecule has 0 bridgehead atoms. The predicted octanol–water partition coefficient (Wildman–Crippen LogP) is 2.55. The zero-order chi connectivity index (χ0) is 15.4. The smallest absolute Gasteiger partial charge is 0.388 e. The van der Waals surface area contributed by atoms with Crippen LogP contribution in [0.4, 0.5) is 0 Å². The van der Waals surface area contributed by atoms with Crippen molar-refractivity contribution >= 4 is 33.0 Å². The second kappa shape index (κ2) is 6.67. The van der Waals surface area contributed by atoms with Crippen LogP contribution in [0.2, 0.25) is 0 Å². The lowest BCUT2D eigenvalue weighted by atomic mass is 10.1. The summed E-state index contributed by atoms with van der Waals surface area (Å²) in [6.45, 7) is 0.217. The van der Waals surface area contributed by atoms with Gasteiger partial charge in [0.25, 0.3) is 0 Å². The van der Waals surface area contributed by atoms with Crippen LogP contribution in [-0.2, 0) is 11.4 Å². The van der Waals surface area contributed by atoms with Crippen molar-refractivity contribution in [2.75, 3.05) is 0 Å². The number of aromatic nitrogens is 3. The fourth-order valence-electron chi connectivity index (χ4n) is 1.67. The topological polar surface area (TPSA) is 93.4 Å². The quantitative estimate of drug-likeness (QED) is 0.542. The number of nitrogens with zero attached hydrogens (tertiary/aromatic N) is 3. The van der Waals surface area contributed by atoms with Gasteiger partial charge in [-0.15, -0.1) is 11.3 Å². The van der Waals surface area contributed by atoms with E-state index in [-0.39, 0.29) is 12.4 Å². The number of hydrogen-bond acceptors (Lipinski definition) is 7. The number of aromatic amines is 1. The Hall–Kier alpha value is -2.26. The minimum Gasteiger partial charge on any atom is -0.388 e. The summed E-state index contributed by atoms with van der Waals surface area (Å²) in [7, 11) is 0. The van der Waals surface area contributed by atoms with Gasteiger partial charge in [0.05, 0.1) is 0 Å². The predicted molar refractivity (Wildman–Crippen MR) is 83.8 cm³/mol. The third kappa shape index (κ3) is 3.49. The van der Waals surface area contributed by atoms with Crippen LogP contribution in [0.25, 0.3) is 0 Å². The first kappa shape index (κ1) is 14.7. The summed E-state index contributed by atoms with van der Waals surface area (Å²) < 4.78 is 5.27. The molecule has 0 saturated heterocycles. The van der Waals surface area contributed by atoms with Gasteiger partial charge < -0.3 is 4.84 Å². The Kier molecular flexibility index (Phi) is 4.45. The van der Waals surface area contributed by atoms with Crippen molar-refractivity contribution in [2.45, 2.75) is 6.61 Å². The first-order valence-corrected chi connectivity index (χ1v) is 7.81. The zero-order valence-corrected chi connectivity index (χ0v) is 13.4. The van der Waals surface area contributed by atoms with Gasteiger partial charge in [-0.05, 0) is 15.9 Å². The molecule has 0 aliphatic heterocycles. The molecule has 0 aliphatic carbocycles. The first-order valence-electron chi connectivity index (χ1n) is 6.14. The van der Waals surface area contributed by atoms with Gasteiger partial charge in [0.1, 0.15) is 9.61 Å². The zero-order valence-electron chi connectivity index (χ0n) is 11.0. The number of hydrogen-bond donors (Lipinski definition) is 1. The molecular weight excluding hydrogens is 372 g/mol.